The van der Waals surface area contributed by atoms with Crippen LogP contribution in [0.2, 0.25) is 0 Å². The summed E-state index contributed by atoms with van der Waals surface area (Å²) in [7, 11) is 0. The first-order chi connectivity index (χ1) is 16.1. The number of nitrogens with two attached hydrogens (primary N) is 1. The maximum Gasteiger partial charge on any atom is 0.327 e. The van der Waals surface area contributed by atoms with Crippen molar-refractivity contribution in [3.05, 3.63) is 36.0 Å². The van der Waals surface area contributed by atoms with Gasteiger partial charge in [-0.3, -0.25) is 14.4 Å². The Morgan fingerprint density at radius 3 is 2.29 bits per heavy atom. The molecule has 0 spiro atoms. The van der Waals surface area contributed by atoms with Crippen LogP contribution in [0.25, 0.3) is 10.9 Å². The van der Waals surface area contributed by atoms with Crippen molar-refractivity contribution >= 4 is 47.2 Å². The number of amides is 3. The van der Waals surface area contributed by atoms with E-state index in [2.05, 4.69) is 33.6 Å². The number of carbonyl (C=O) groups is 4. The monoisotopic (exact) mass is 495 g/mol. The van der Waals surface area contributed by atoms with E-state index in [1.165, 1.54) is 6.92 Å². The molecule has 1 aromatic carbocycles. The van der Waals surface area contributed by atoms with Crippen molar-refractivity contribution in [1.82, 2.24) is 20.9 Å². The molecule has 0 fully saturated rings. The number of aliphatic hydroxyl groups is 2. The van der Waals surface area contributed by atoms with E-state index in [0.717, 1.165) is 16.5 Å². The van der Waals surface area contributed by atoms with Crippen LogP contribution in [0.5, 0.6) is 0 Å². The van der Waals surface area contributed by atoms with Crippen LogP contribution in [0.15, 0.2) is 30.5 Å². The number of benzene rings is 1. The standard InChI is InChI=1S/C21H29N5O7S/c1-10(28)17(20(31)25-16(9-34)21(32)33)26-19(30)15(8-27)24-18(29)13(22)6-11-7-23-14-5-3-2-4-12(11)14/h2-5,7,10,13,15-17,23,27-28,34H,6,8-9,22H2,1H3,(H,24,29)(H,25,31)(H,26,30)(H,32,33). The number of aromatic nitrogens is 1. The lowest BCUT2D eigenvalue weighted by Crippen LogP contribution is -2.60. The van der Waals surface area contributed by atoms with E-state index >= 15 is 0 Å². The number of para-hydroxylation sites is 1. The zero-order valence-corrected chi connectivity index (χ0v) is 19.3. The molecule has 5 unspecified atom stereocenters. The number of thiol groups is 1. The number of H-pyrrole nitrogens is 1. The van der Waals surface area contributed by atoms with Gasteiger partial charge >= 0.3 is 5.97 Å². The Kier molecular flexibility index (Phi) is 9.86. The van der Waals surface area contributed by atoms with Gasteiger partial charge in [0.1, 0.15) is 18.1 Å². The van der Waals surface area contributed by atoms with Gasteiger partial charge in [0.05, 0.1) is 18.8 Å². The van der Waals surface area contributed by atoms with E-state index in [0.29, 0.717) is 0 Å². The molecule has 186 valence electrons. The first kappa shape index (κ1) is 27.1. The Hall–Kier alpha value is -3.13. The molecule has 0 aliphatic carbocycles. The molecule has 5 atom stereocenters. The average molecular weight is 496 g/mol. The second-order valence-electron chi connectivity index (χ2n) is 7.72. The smallest absolute Gasteiger partial charge is 0.327 e. The highest BCUT2D eigenvalue weighted by Gasteiger charge is 2.32. The molecule has 2 aromatic rings. The highest BCUT2D eigenvalue weighted by Crippen LogP contribution is 2.18. The third-order valence-corrected chi connectivity index (χ3v) is 5.49. The molecule has 1 aromatic heterocycles. The van der Waals surface area contributed by atoms with Gasteiger partial charge in [0.2, 0.25) is 17.7 Å². The van der Waals surface area contributed by atoms with Gasteiger partial charge < -0.3 is 42.0 Å². The molecule has 0 aliphatic rings. The van der Waals surface area contributed by atoms with Crippen molar-refractivity contribution in [2.75, 3.05) is 12.4 Å². The van der Waals surface area contributed by atoms with Crippen molar-refractivity contribution in [3.63, 3.8) is 0 Å². The number of nitrogens with one attached hydrogen (secondary N) is 4. The Bertz CT molecular complexity index is 1030. The fourth-order valence-electron chi connectivity index (χ4n) is 3.21. The number of carboxylic acids is 1. The van der Waals surface area contributed by atoms with Crippen molar-refractivity contribution in [3.8, 4) is 0 Å². The highest BCUT2D eigenvalue weighted by molar-refractivity contribution is 7.80. The number of hydrogen-bond acceptors (Lipinski definition) is 8. The van der Waals surface area contributed by atoms with E-state index in [1.54, 1.807) is 6.20 Å². The fraction of sp³-hybridized carbons (Fsp3) is 0.429. The van der Waals surface area contributed by atoms with Crippen LogP contribution in [0, 0.1) is 0 Å². The molecular weight excluding hydrogens is 466 g/mol. The molecule has 34 heavy (non-hydrogen) atoms. The largest absolute Gasteiger partial charge is 0.480 e. The van der Waals surface area contributed by atoms with Gasteiger partial charge in [-0.05, 0) is 25.0 Å². The van der Waals surface area contributed by atoms with Crippen LogP contribution in [0.4, 0.5) is 0 Å². The van der Waals surface area contributed by atoms with Crippen molar-refractivity contribution < 1.29 is 34.5 Å². The summed E-state index contributed by atoms with van der Waals surface area (Å²) in [4.78, 5) is 51.7. The van der Waals surface area contributed by atoms with E-state index in [-0.39, 0.29) is 12.2 Å². The minimum absolute atomic E-state index is 0.161. The summed E-state index contributed by atoms with van der Waals surface area (Å²) >= 11 is 3.84. The third-order valence-electron chi connectivity index (χ3n) is 5.13. The summed E-state index contributed by atoms with van der Waals surface area (Å²) in [6.45, 7) is 0.407. The normalized spacial score (nSPS) is 15.6. The van der Waals surface area contributed by atoms with Gasteiger partial charge in [-0.15, -0.1) is 0 Å². The lowest BCUT2D eigenvalue weighted by atomic mass is 10.0. The number of carbonyl (C=O) groups excluding carboxylic acids is 3. The van der Waals surface area contributed by atoms with Crippen LogP contribution in [-0.4, -0.2) is 86.6 Å². The Labute approximate surface area is 200 Å². The van der Waals surface area contributed by atoms with Crippen LogP contribution in [-0.2, 0) is 25.6 Å². The number of aliphatic carboxylic acids is 1. The maximum atomic E-state index is 12.6. The van der Waals surface area contributed by atoms with Crippen molar-refractivity contribution in [2.45, 2.75) is 43.6 Å². The zero-order valence-electron chi connectivity index (χ0n) is 18.4. The molecule has 12 nitrogen and oxygen atoms in total. The number of aromatic amines is 1. The number of hydrogen-bond donors (Lipinski definition) is 9. The van der Waals surface area contributed by atoms with Crippen LogP contribution >= 0.6 is 12.6 Å². The minimum atomic E-state index is -1.54. The molecule has 9 N–H and O–H groups in total. The zero-order chi connectivity index (χ0) is 25.4. The second-order valence-corrected chi connectivity index (χ2v) is 8.09. The van der Waals surface area contributed by atoms with Gasteiger partial charge in [0.25, 0.3) is 0 Å². The van der Waals surface area contributed by atoms with E-state index in [1.807, 2.05) is 24.3 Å². The maximum absolute atomic E-state index is 12.6. The van der Waals surface area contributed by atoms with Crippen LogP contribution < -0.4 is 21.7 Å². The number of aliphatic hydroxyl groups excluding tert-OH is 2. The van der Waals surface area contributed by atoms with Crippen LogP contribution in [0.3, 0.4) is 0 Å². The molecule has 0 bridgehead atoms. The predicted molar refractivity (Wildman–Crippen MR) is 126 cm³/mol. The molecule has 0 radical (unpaired) electrons. The van der Waals surface area contributed by atoms with E-state index in [4.69, 9.17) is 10.8 Å². The highest BCUT2D eigenvalue weighted by atomic mass is 32.1. The predicted octanol–water partition coefficient (Wildman–Crippen LogP) is -2.12. The summed E-state index contributed by atoms with van der Waals surface area (Å²) in [6, 6.07) is 2.08. The summed E-state index contributed by atoms with van der Waals surface area (Å²) in [5.74, 6) is -4.20. The fourth-order valence-corrected chi connectivity index (χ4v) is 3.46. The van der Waals surface area contributed by atoms with Crippen LogP contribution in [0.1, 0.15) is 12.5 Å². The number of rotatable bonds is 12. The van der Waals surface area contributed by atoms with Crippen molar-refractivity contribution in [1.29, 1.82) is 0 Å². The molecule has 1 heterocycles. The topological polar surface area (TPSA) is 207 Å². The van der Waals surface area contributed by atoms with E-state index in [9.17, 15) is 29.4 Å². The summed E-state index contributed by atoms with van der Waals surface area (Å²) in [5.41, 5.74) is 7.67. The lowest BCUT2D eigenvalue weighted by Gasteiger charge is -2.25. The molecule has 13 heteroatoms. The van der Waals surface area contributed by atoms with Crippen molar-refractivity contribution in [2.24, 2.45) is 5.73 Å². The van der Waals surface area contributed by atoms with E-state index < -0.39 is 60.6 Å². The van der Waals surface area contributed by atoms with Gasteiger partial charge in [0.15, 0.2) is 0 Å². The van der Waals surface area contributed by atoms with Gasteiger partial charge in [-0.1, -0.05) is 18.2 Å². The molecule has 2 rings (SSSR count). The molecule has 0 saturated carbocycles. The first-order valence-electron chi connectivity index (χ1n) is 10.4. The minimum Gasteiger partial charge on any atom is -0.480 e. The first-order valence-corrected chi connectivity index (χ1v) is 11.1. The van der Waals surface area contributed by atoms with Gasteiger partial charge in [0, 0.05) is 22.9 Å². The SMILES string of the molecule is CC(O)C(NC(=O)C(CO)NC(=O)C(N)Cc1c[nH]c2ccccc12)C(=O)NC(CS)C(=O)O. The van der Waals surface area contributed by atoms with Gasteiger partial charge in [-0.2, -0.15) is 12.6 Å². The Morgan fingerprint density at radius 1 is 1.06 bits per heavy atom. The molecular formula is C21H29N5O7S. The summed E-state index contributed by atoms with van der Waals surface area (Å²) in [5, 5.41) is 36.1. The lowest BCUT2D eigenvalue weighted by molar-refractivity contribution is -0.142. The molecule has 0 saturated heterocycles. The molecule has 3 amide bonds. The quantitative estimate of drug-likeness (QED) is 0.148. The summed E-state index contributed by atoms with van der Waals surface area (Å²) < 4.78 is 0. The second kappa shape index (κ2) is 12.4. The summed E-state index contributed by atoms with van der Waals surface area (Å²) in [6.07, 6.45) is 0.487. The Morgan fingerprint density at radius 2 is 1.71 bits per heavy atom. The third kappa shape index (κ3) is 6.93. The van der Waals surface area contributed by atoms with Gasteiger partial charge in [-0.25, -0.2) is 4.79 Å². The average Bonchev–Trinajstić information content (AvgIpc) is 3.21. The number of carboxylic acid groups (broad SMARTS) is 1. The number of fused-ring (bicyclic) bond motifs is 1. The molecule has 0 aliphatic heterocycles. The Balaban J connectivity index is 2.01.